The maximum Gasteiger partial charge on any atom is 0.291 e. The molecule has 0 saturated carbocycles. The summed E-state index contributed by atoms with van der Waals surface area (Å²) in [6.07, 6.45) is 1.33. The van der Waals surface area contributed by atoms with E-state index >= 15 is 0 Å². The van der Waals surface area contributed by atoms with Gasteiger partial charge in [0.1, 0.15) is 5.82 Å². The minimum absolute atomic E-state index is 0.0332. The molecule has 0 saturated heterocycles. The van der Waals surface area contributed by atoms with E-state index in [0.717, 1.165) is 18.2 Å². The third-order valence-corrected chi connectivity index (χ3v) is 2.48. The van der Waals surface area contributed by atoms with Crippen LogP contribution in [0.25, 0.3) is 0 Å². The molecule has 1 heterocycles. The number of hydrogen-bond acceptors (Lipinski definition) is 4. The molecule has 6 nitrogen and oxygen atoms in total. The Labute approximate surface area is 107 Å². The number of benzene rings is 1. The molecule has 0 radical (unpaired) electrons. The van der Waals surface area contributed by atoms with Crippen LogP contribution in [0.3, 0.4) is 0 Å². The highest BCUT2D eigenvalue weighted by Gasteiger charge is 2.17. The van der Waals surface area contributed by atoms with E-state index in [1.165, 1.54) is 6.26 Å². The number of furan rings is 1. The topological polar surface area (TPSA) is 85.4 Å². The van der Waals surface area contributed by atoms with Gasteiger partial charge in [0.15, 0.2) is 5.76 Å². The molecule has 0 aliphatic rings. The number of nitro benzene ring substituents is 1. The molecule has 0 aliphatic heterocycles. The number of halogens is 1. The summed E-state index contributed by atoms with van der Waals surface area (Å²) in [6, 6.07) is 4.47. The van der Waals surface area contributed by atoms with E-state index in [-0.39, 0.29) is 17.1 Å². The van der Waals surface area contributed by atoms with Gasteiger partial charge in [-0.3, -0.25) is 14.9 Å². The molecule has 98 valence electrons. The van der Waals surface area contributed by atoms with Crippen molar-refractivity contribution < 1.29 is 18.5 Å². The van der Waals surface area contributed by atoms with E-state index in [4.69, 9.17) is 4.42 Å². The van der Waals surface area contributed by atoms with Gasteiger partial charge in [-0.05, 0) is 19.1 Å². The highest BCUT2D eigenvalue weighted by molar-refractivity contribution is 6.03. The number of carbonyl (C=O) groups is 1. The van der Waals surface area contributed by atoms with Gasteiger partial charge in [0.05, 0.1) is 16.9 Å². The van der Waals surface area contributed by atoms with Gasteiger partial charge >= 0.3 is 0 Å². The molecule has 2 rings (SSSR count). The molecule has 0 bridgehead atoms. The summed E-state index contributed by atoms with van der Waals surface area (Å²) in [4.78, 5) is 21.7. The zero-order chi connectivity index (χ0) is 14.0. The number of nitrogens with zero attached hydrogens (tertiary/aromatic N) is 1. The van der Waals surface area contributed by atoms with Crippen LogP contribution in [-0.2, 0) is 0 Å². The van der Waals surface area contributed by atoms with Crippen LogP contribution in [0, 0.1) is 22.9 Å². The van der Waals surface area contributed by atoms with Gasteiger partial charge in [0.2, 0.25) is 0 Å². The monoisotopic (exact) mass is 264 g/mol. The van der Waals surface area contributed by atoms with E-state index in [9.17, 15) is 19.3 Å². The third-order valence-electron chi connectivity index (χ3n) is 2.48. The number of carbonyl (C=O) groups excluding carboxylic acids is 1. The quantitative estimate of drug-likeness (QED) is 0.682. The van der Waals surface area contributed by atoms with Crippen molar-refractivity contribution in [3.05, 3.63) is 57.8 Å². The Hall–Kier alpha value is -2.70. The first-order valence-corrected chi connectivity index (χ1v) is 5.28. The standard InChI is InChI=1S/C12H9FN2O4/c1-7-4-5-19-11(7)12(16)14-10-6-8(15(17)18)2-3-9(10)13/h2-6H,1H3,(H,14,16). The summed E-state index contributed by atoms with van der Waals surface area (Å²) in [5, 5.41) is 12.8. The van der Waals surface area contributed by atoms with Gasteiger partial charge in [-0.15, -0.1) is 0 Å². The maximum atomic E-state index is 13.5. The molecule has 0 spiro atoms. The van der Waals surface area contributed by atoms with Crippen molar-refractivity contribution in [3.8, 4) is 0 Å². The maximum absolute atomic E-state index is 13.5. The zero-order valence-corrected chi connectivity index (χ0v) is 9.84. The third kappa shape index (κ3) is 2.59. The fourth-order valence-electron chi connectivity index (χ4n) is 1.51. The van der Waals surface area contributed by atoms with E-state index in [1.54, 1.807) is 13.0 Å². The summed E-state index contributed by atoms with van der Waals surface area (Å²) in [6.45, 7) is 1.65. The number of nitro groups is 1. The molecule has 0 fully saturated rings. The number of rotatable bonds is 3. The Bertz CT molecular complexity index is 651. The summed E-state index contributed by atoms with van der Waals surface area (Å²) in [7, 11) is 0. The Morgan fingerprint density at radius 1 is 1.42 bits per heavy atom. The Morgan fingerprint density at radius 2 is 2.16 bits per heavy atom. The van der Waals surface area contributed by atoms with Crippen LogP contribution in [-0.4, -0.2) is 10.8 Å². The molecule has 19 heavy (non-hydrogen) atoms. The second-order valence-electron chi connectivity index (χ2n) is 3.81. The number of anilines is 1. The largest absolute Gasteiger partial charge is 0.459 e. The van der Waals surface area contributed by atoms with Crippen molar-refractivity contribution in [3.63, 3.8) is 0 Å². The predicted octanol–water partition coefficient (Wildman–Crippen LogP) is 2.89. The summed E-state index contributed by atoms with van der Waals surface area (Å²) in [5.41, 5.74) is 0.00575. The van der Waals surface area contributed by atoms with Crippen molar-refractivity contribution >= 4 is 17.3 Å². The Kier molecular flexibility index (Phi) is 3.28. The van der Waals surface area contributed by atoms with Gasteiger partial charge in [-0.1, -0.05) is 0 Å². The molecule has 1 aromatic heterocycles. The van der Waals surface area contributed by atoms with Crippen molar-refractivity contribution in [2.75, 3.05) is 5.32 Å². The zero-order valence-electron chi connectivity index (χ0n) is 9.84. The molecule has 1 amide bonds. The van der Waals surface area contributed by atoms with Crippen LogP contribution in [0.1, 0.15) is 16.1 Å². The predicted molar refractivity (Wildman–Crippen MR) is 64.5 cm³/mol. The molecular weight excluding hydrogens is 255 g/mol. The molecule has 0 aliphatic carbocycles. The number of non-ortho nitro benzene ring substituents is 1. The van der Waals surface area contributed by atoms with E-state index in [2.05, 4.69) is 5.32 Å². The molecule has 1 aromatic carbocycles. The molecule has 0 unspecified atom stereocenters. The lowest BCUT2D eigenvalue weighted by Crippen LogP contribution is -2.13. The van der Waals surface area contributed by atoms with Crippen molar-refractivity contribution in [2.45, 2.75) is 6.92 Å². The van der Waals surface area contributed by atoms with Crippen molar-refractivity contribution in [1.82, 2.24) is 0 Å². The van der Waals surface area contributed by atoms with Gasteiger partial charge in [-0.2, -0.15) is 0 Å². The first-order valence-electron chi connectivity index (χ1n) is 5.28. The number of hydrogen-bond donors (Lipinski definition) is 1. The average molecular weight is 264 g/mol. The first-order chi connectivity index (χ1) is 8.99. The second-order valence-corrected chi connectivity index (χ2v) is 3.81. The number of nitrogens with one attached hydrogen (secondary N) is 1. The normalized spacial score (nSPS) is 10.2. The van der Waals surface area contributed by atoms with Crippen molar-refractivity contribution in [2.24, 2.45) is 0 Å². The number of aryl methyl sites for hydroxylation is 1. The number of amides is 1. The van der Waals surface area contributed by atoms with Crippen LogP contribution in [0.5, 0.6) is 0 Å². The Balaban J connectivity index is 2.28. The Morgan fingerprint density at radius 3 is 2.74 bits per heavy atom. The molecule has 2 aromatic rings. The fraction of sp³-hybridized carbons (Fsp3) is 0.0833. The van der Waals surface area contributed by atoms with Gasteiger partial charge in [-0.25, -0.2) is 4.39 Å². The van der Waals surface area contributed by atoms with Crippen molar-refractivity contribution in [1.29, 1.82) is 0 Å². The van der Waals surface area contributed by atoms with E-state index < -0.39 is 16.6 Å². The second kappa shape index (κ2) is 4.89. The minimum atomic E-state index is -0.761. The van der Waals surface area contributed by atoms with E-state index in [1.807, 2.05) is 0 Å². The lowest BCUT2D eigenvalue weighted by atomic mass is 10.2. The van der Waals surface area contributed by atoms with Crippen LogP contribution >= 0.6 is 0 Å². The summed E-state index contributed by atoms with van der Waals surface area (Å²) in [5.74, 6) is -1.39. The molecular formula is C12H9FN2O4. The SMILES string of the molecule is Cc1ccoc1C(=O)Nc1cc([N+](=O)[O-])ccc1F. The molecule has 0 atom stereocenters. The van der Waals surface area contributed by atoms with Gasteiger partial charge in [0, 0.05) is 17.7 Å². The van der Waals surface area contributed by atoms with Crippen LogP contribution in [0.2, 0.25) is 0 Å². The highest BCUT2D eigenvalue weighted by atomic mass is 19.1. The highest BCUT2D eigenvalue weighted by Crippen LogP contribution is 2.22. The summed E-state index contributed by atoms with van der Waals surface area (Å²) >= 11 is 0. The van der Waals surface area contributed by atoms with Gasteiger partial charge < -0.3 is 9.73 Å². The van der Waals surface area contributed by atoms with Gasteiger partial charge in [0.25, 0.3) is 11.6 Å². The molecule has 1 N–H and O–H groups in total. The van der Waals surface area contributed by atoms with Crippen LogP contribution in [0.15, 0.2) is 34.9 Å². The van der Waals surface area contributed by atoms with E-state index in [0.29, 0.717) is 5.56 Å². The smallest absolute Gasteiger partial charge is 0.291 e. The van der Waals surface area contributed by atoms with Crippen LogP contribution in [0.4, 0.5) is 15.8 Å². The minimum Gasteiger partial charge on any atom is -0.459 e. The summed E-state index contributed by atoms with van der Waals surface area (Å²) < 4.78 is 18.4. The van der Waals surface area contributed by atoms with Crippen LogP contribution < -0.4 is 5.32 Å². The lowest BCUT2D eigenvalue weighted by molar-refractivity contribution is -0.384. The first kappa shape index (κ1) is 12.7. The fourth-order valence-corrected chi connectivity index (χ4v) is 1.51. The molecule has 7 heteroatoms. The average Bonchev–Trinajstić information content (AvgIpc) is 2.78. The lowest BCUT2D eigenvalue weighted by Gasteiger charge is -2.05.